The number of hydrogen-bond donors (Lipinski definition) is 2. The number of hydrogen-bond acceptors (Lipinski definition) is 5. The summed E-state index contributed by atoms with van der Waals surface area (Å²) in [6.07, 6.45) is 3.75. The van der Waals surface area contributed by atoms with Gasteiger partial charge < -0.3 is 15.2 Å². The molecule has 1 saturated carbocycles. The number of nitro benzene ring substituents is 1. The van der Waals surface area contributed by atoms with Crippen molar-refractivity contribution in [2.24, 2.45) is 0 Å². The van der Waals surface area contributed by atoms with Crippen LogP contribution >= 0.6 is 0 Å². The zero-order valence-electron chi connectivity index (χ0n) is 11.6. The predicted octanol–water partition coefficient (Wildman–Crippen LogP) is 2.00. The highest BCUT2D eigenvalue weighted by Gasteiger charge is 2.30. The summed E-state index contributed by atoms with van der Waals surface area (Å²) in [5.74, 6) is 0.468. The SMILES string of the molecule is COc1cc(CNCC2(O)CCCC2)cc([N+](=O)[O-])c1. The molecule has 0 unspecified atom stereocenters. The van der Waals surface area contributed by atoms with Crippen LogP contribution in [0.5, 0.6) is 5.75 Å². The average molecular weight is 280 g/mol. The number of aliphatic hydroxyl groups is 1. The monoisotopic (exact) mass is 280 g/mol. The molecule has 20 heavy (non-hydrogen) atoms. The van der Waals surface area contributed by atoms with Gasteiger partial charge in [-0.1, -0.05) is 12.8 Å². The fraction of sp³-hybridized carbons (Fsp3) is 0.571. The predicted molar refractivity (Wildman–Crippen MR) is 74.8 cm³/mol. The summed E-state index contributed by atoms with van der Waals surface area (Å²) in [6, 6.07) is 4.68. The van der Waals surface area contributed by atoms with Crippen LogP contribution < -0.4 is 10.1 Å². The van der Waals surface area contributed by atoms with Crippen LogP contribution in [0.15, 0.2) is 18.2 Å². The van der Waals surface area contributed by atoms with Crippen molar-refractivity contribution in [3.63, 3.8) is 0 Å². The van der Waals surface area contributed by atoms with E-state index in [4.69, 9.17) is 4.74 Å². The summed E-state index contributed by atoms with van der Waals surface area (Å²) in [4.78, 5) is 10.4. The molecule has 0 saturated heterocycles. The Morgan fingerprint density at radius 2 is 2.10 bits per heavy atom. The van der Waals surface area contributed by atoms with Crippen molar-refractivity contribution in [2.75, 3.05) is 13.7 Å². The maximum absolute atomic E-state index is 10.8. The summed E-state index contributed by atoms with van der Waals surface area (Å²) in [5.41, 5.74) is 0.170. The average Bonchev–Trinajstić information content (AvgIpc) is 2.85. The van der Waals surface area contributed by atoms with Crippen LogP contribution in [0.4, 0.5) is 5.69 Å². The largest absolute Gasteiger partial charge is 0.496 e. The third kappa shape index (κ3) is 3.68. The first-order valence-electron chi connectivity index (χ1n) is 6.78. The molecule has 110 valence electrons. The molecule has 0 atom stereocenters. The zero-order valence-corrected chi connectivity index (χ0v) is 11.6. The van der Waals surface area contributed by atoms with Gasteiger partial charge in [0.15, 0.2) is 0 Å². The lowest BCUT2D eigenvalue weighted by molar-refractivity contribution is -0.385. The topological polar surface area (TPSA) is 84.6 Å². The Morgan fingerprint density at radius 3 is 2.70 bits per heavy atom. The van der Waals surface area contributed by atoms with E-state index in [0.29, 0.717) is 18.8 Å². The molecule has 1 aliphatic rings. The van der Waals surface area contributed by atoms with E-state index in [0.717, 1.165) is 31.2 Å². The van der Waals surface area contributed by atoms with Gasteiger partial charge in [0.2, 0.25) is 0 Å². The molecule has 2 N–H and O–H groups in total. The van der Waals surface area contributed by atoms with Crippen LogP contribution in [0.2, 0.25) is 0 Å². The van der Waals surface area contributed by atoms with Crippen molar-refractivity contribution in [3.8, 4) is 5.75 Å². The Bertz CT molecular complexity index is 484. The number of nitro groups is 1. The van der Waals surface area contributed by atoms with Gasteiger partial charge in [-0.15, -0.1) is 0 Å². The van der Waals surface area contributed by atoms with Gasteiger partial charge >= 0.3 is 0 Å². The first-order valence-corrected chi connectivity index (χ1v) is 6.78. The Kier molecular flexibility index (Phi) is 4.57. The van der Waals surface area contributed by atoms with Gasteiger partial charge in [0.05, 0.1) is 23.7 Å². The number of rotatable bonds is 6. The number of nitrogens with one attached hydrogen (secondary N) is 1. The standard InChI is InChI=1S/C14H20N2O4/c1-20-13-7-11(6-12(8-13)16(18)19)9-15-10-14(17)4-2-3-5-14/h6-8,15,17H,2-5,9-10H2,1H3. The lowest BCUT2D eigenvalue weighted by Crippen LogP contribution is -2.37. The number of ether oxygens (including phenoxy) is 1. The molecule has 1 aliphatic carbocycles. The second-order valence-corrected chi connectivity index (χ2v) is 5.33. The summed E-state index contributed by atoms with van der Waals surface area (Å²) in [6.45, 7) is 0.984. The molecule has 0 radical (unpaired) electrons. The lowest BCUT2D eigenvalue weighted by Gasteiger charge is -2.22. The van der Waals surface area contributed by atoms with Gasteiger partial charge in [-0.05, 0) is 24.5 Å². The highest BCUT2D eigenvalue weighted by molar-refractivity contribution is 5.42. The van der Waals surface area contributed by atoms with Gasteiger partial charge in [0.25, 0.3) is 5.69 Å². The normalized spacial score (nSPS) is 17.1. The van der Waals surface area contributed by atoms with Crippen LogP contribution in [0.3, 0.4) is 0 Å². The molecule has 1 aromatic rings. The van der Waals surface area contributed by atoms with E-state index in [1.54, 1.807) is 6.07 Å². The van der Waals surface area contributed by atoms with Crippen LogP contribution in [-0.4, -0.2) is 29.3 Å². The fourth-order valence-electron chi connectivity index (χ4n) is 2.62. The highest BCUT2D eigenvalue weighted by atomic mass is 16.6. The maximum atomic E-state index is 10.8. The van der Waals surface area contributed by atoms with Gasteiger partial charge in [0.1, 0.15) is 5.75 Å². The molecule has 0 aromatic heterocycles. The fourth-order valence-corrected chi connectivity index (χ4v) is 2.62. The molecule has 6 nitrogen and oxygen atoms in total. The van der Waals surface area contributed by atoms with E-state index < -0.39 is 10.5 Å². The minimum atomic E-state index is -0.620. The third-order valence-electron chi connectivity index (χ3n) is 3.72. The number of benzene rings is 1. The molecule has 6 heteroatoms. The van der Waals surface area contributed by atoms with Crippen molar-refractivity contribution in [1.82, 2.24) is 5.32 Å². The molecule has 1 fully saturated rings. The molecule has 0 heterocycles. The van der Waals surface area contributed by atoms with Crippen molar-refractivity contribution in [1.29, 1.82) is 0 Å². The Labute approximate surface area is 117 Å². The molecule has 2 rings (SSSR count). The van der Waals surface area contributed by atoms with Crippen LogP contribution in [-0.2, 0) is 6.54 Å². The van der Waals surface area contributed by atoms with E-state index in [1.807, 2.05) is 0 Å². The minimum Gasteiger partial charge on any atom is -0.496 e. The molecule has 0 aliphatic heterocycles. The van der Waals surface area contributed by atoms with E-state index in [-0.39, 0.29) is 5.69 Å². The van der Waals surface area contributed by atoms with Crippen molar-refractivity contribution in [3.05, 3.63) is 33.9 Å². The Balaban J connectivity index is 1.98. The zero-order chi connectivity index (χ0) is 14.6. The highest BCUT2D eigenvalue weighted by Crippen LogP contribution is 2.29. The quantitative estimate of drug-likeness (QED) is 0.615. The molecule has 0 amide bonds. The Morgan fingerprint density at radius 1 is 1.40 bits per heavy atom. The molecular formula is C14H20N2O4. The lowest BCUT2D eigenvalue weighted by atomic mass is 10.0. The second kappa shape index (κ2) is 6.19. The molecular weight excluding hydrogens is 260 g/mol. The van der Waals surface area contributed by atoms with Gasteiger partial charge in [-0.2, -0.15) is 0 Å². The van der Waals surface area contributed by atoms with Gasteiger partial charge in [-0.25, -0.2) is 0 Å². The first kappa shape index (κ1) is 14.7. The van der Waals surface area contributed by atoms with Crippen LogP contribution in [0.25, 0.3) is 0 Å². The molecule has 0 spiro atoms. The van der Waals surface area contributed by atoms with E-state index >= 15 is 0 Å². The molecule has 1 aromatic carbocycles. The van der Waals surface area contributed by atoms with Crippen LogP contribution in [0, 0.1) is 10.1 Å². The van der Waals surface area contributed by atoms with Gasteiger partial charge in [0, 0.05) is 19.2 Å². The number of nitrogens with zero attached hydrogens (tertiary/aromatic N) is 1. The van der Waals surface area contributed by atoms with E-state index in [1.165, 1.54) is 19.2 Å². The smallest absolute Gasteiger partial charge is 0.273 e. The maximum Gasteiger partial charge on any atom is 0.273 e. The second-order valence-electron chi connectivity index (χ2n) is 5.33. The first-order chi connectivity index (χ1) is 9.52. The summed E-state index contributed by atoms with van der Waals surface area (Å²) >= 11 is 0. The summed E-state index contributed by atoms with van der Waals surface area (Å²) in [5, 5.41) is 24.2. The summed E-state index contributed by atoms with van der Waals surface area (Å²) < 4.78 is 5.06. The number of methoxy groups -OCH3 is 1. The van der Waals surface area contributed by atoms with Crippen molar-refractivity contribution in [2.45, 2.75) is 37.8 Å². The van der Waals surface area contributed by atoms with Crippen LogP contribution in [0.1, 0.15) is 31.2 Å². The van der Waals surface area contributed by atoms with E-state index in [2.05, 4.69) is 5.32 Å². The third-order valence-corrected chi connectivity index (χ3v) is 3.72. The van der Waals surface area contributed by atoms with Crippen molar-refractivity contribution >= 4 is 5.69 Å². The molecule has 0 bridgehead atoms. The summed E-state index contributed by atoms with van der Waals surface area (Å²) in [7, 11) is 1.48. The van der Waals surface area contributed by atoms with E-state index in [9.17, 15) is 15.2 Å². The Hall–Kier alpha value is -1.66. The van der Waals surface area contributed by atoms with Crippen molar-refractivity contribution < 1.29 is 14.8 Å². The van der Waals surface area contributed by atoms with Gasteiger partial charge in [-0.3, -0.25) is 10.1 Å². The number of non-ortho nitro benzene ring substituents is 1. The minimum absolute atomic E-state index is 0.0146.